The van der Waals surface area contributed by atoms with E-state index in [4.69, 9.17) is 21.1 Å². The fourth-order valence-corrected chi connectivity index (χ4v) is 3.27. The Morgan fingerprint density at radius 2 is 1.82 bits per heavy atom. The maximum absolute atomic E-state index is 13.0. The largest absolute Gasteiger partial charge is 0.486 e. The Balaban J connectivity index is 1.54. The Morgan fingerprint density at radius 1 is 1.11 bits per heavy atom. The summed E-state index contributed by atoms with van der Waals surface area (Å²) >= 11 is 5.85. The van der Waals surface area contributed by atoms with Crippen molar-refractivity contribution in [1.29, 1.82) is 0 Å². The molecule has 0 aliphatic carbocycles. The highest BCUT2D eigenvalue weighted by Crippen LogP contribution is 2.36. The first kappa shape index (κ1) is 18.2. The summed E-state index contributed by atoms with van der Waals surface area (Å²) in [6, 6.07) is 11.8. The molecule has 0 aromatic heterocycles. The van der Waals surface area contributed by atoms with Crippen LogP contribution in [-0.2, 0) is 10.3 Å². The van der Waals surface area contributed by atoms with E-state index in [-0.39, 0.29) is 12.5 Å². The highest BCUT2D eigenvalue weighted by Gasteiger charge is 2.49. The molecule has 2 aliphatic heterocycles. The molecule has 4 rings (SSSR count). The highest BCUT2D eigenvalue weighted by atomic mass is 35.5. The summed E-state index contributed by atoms with van der Waals surface area (Å²) < 4.78 is 11.1. The smallest absolute Gasteiger partial charge is 0.326 e. The lowest BCUT2D eigenvalue weighted by Crippen LogP contribution is -2.41. The third kappa shape index (κ3) is 3.25. The Bertz CT molecular complexity index is 1010. The van der Waals surface area contributed by atoms with Gasteiger partial charge in [0.15, 0.2) is 11.5 Å². The van der Waals surface area contributed by atoms with Crippen molar-refractivity contribution >= 4 is 23.5 Å². The summed E-state index contributed by atoms with van der Waals surface area (Å²) in [6.45, 7) is 2.60. The molecule has 6 nitrogen and oxygen atoms in total. The molecule has 28 heavy (non-hydrogen) atoms. The number of carbonyl (C=O) groups is 2. The molecule has 2 aliphatic rings. The van der Waals surface area contributed by atoms with Gasteiger partial charge < -0.3 is 14.8 Å². The summed E-state index contributed by atoms with van der Waals surface area (Å²) in [5.74, 6) is 6.63. The minimum absolute atomic E-state index is 0.00651. The lowest BCUT2D eigenvalue weighted by molar-refractivity contribution is -0.130. The number of hydrogen-bond donors (Lipinski definition) is 1. The second-order valence-electron chi connectivity index (χ2n) is 6.61. The van der Waals surface area contributed by atoms with Gasteiger partial charge in [0, 0.05) is 10.6 Å². The number of imide groups is 1. The molecular formula is C21H17ClN2O4. The Labute approximate surface area is 167 Å². The quantitative estimate of drug-likeness (QED) is 0.626. The molecule has 0 spiro atoms. The second kappa shape index (κ2) is 7.10. The minimum Gasteiger partial charge on any atom is -0.486 e. The van der Waals surface area contributed by atoms with Crippen LogP contribution in [0.4, 0.5) is 4.79 Å². The van der Waals surface area contributed by atoms with E-state index in [1.54, 1.807) is 49.4 Å². The number of hydrogen-bond acceptors (Lipinski definition) is 4. The van der Waals surface area contributed by atoms with E-state index in [0.717, 1.165) is 10.5 Å². The van der Waals surface area contributed by atoms with Gasteiger partial charge in [-0.25, -0.2) is 4.79 Å². The Morgan fingerprint density at radius 3 is 2.57 bits per heavy atom. The Kier molecular flexibility index (Phi) is 4.62. The second-order valence-corrected chi connectivity index (χ2v) is 7.05. The SMILES string of the molecule is C[C@@]1(c2ccc3c(c2)OCCO3)NC(=O)N(CC#Cc2ccc(Cl)cc2)C1=O. The number of nitrogens with one attached hydrogen (secondary N) is 1. The number of nitrogens with zero attached hydrogens (tertiary/aromatic N) is 1. The van der Waals surface area contributed by atoms with Crippen LogP contribution >= 0.6 is 11.6 Å². The average molecular weight is 397 g/mol. The van der Waals surface area contributed by atoms with Crippen molar-refractivity contribution < 1.29 is 19.1 Å². The lowest BCUT2D eigenvalue weighted by Gasteiger charge is -2.25. The number of fused-ring (bicyclic) bond motifs is 1. The molecule has 1 fully saturated rings. The van der Waals surface area contributed by atoms with Crippen LogP contribution in [0.15, 0.2) is 42.5 Å². The molecule has 0 saturated carbocycles. The monoisotopic (exact) mass is 396 g/mol. The highest BCUT2D eigenvalue weighted by molar-refractivity contribution is 6.30. The van der Waals surface area contributed by atoms with Crippen molar-refractivity contribution in [2.75, 3.05) is 19.8 Å². The number of halogens is 1. The first-order valence-electron chi connectivity index (χ1n) is 8.76. The van der Waals surface area contributed by atoms with Crippen LogP contribution in [-0.4, -0.2) is 36.6 Å². The normalized spacial score (nSPS) is 20.4. The summed E-state index contributed by atoms with van der Waals surface area (Å²) in [5.41, 5.74) is 0.198. The topological polar surface area (TPSA) is 67.9 Å². The fourth-order valence-electron chi connectivity index (χ4n) is 3.14. The zero-order chi connectivity index (χ0) is 19.7. The van der Waals surface area contributed by atoms with Gasteiger partial charge in [0.2, 0.25) is 0 Å². The van der Waals surface area contributed by atoms with Gasteiger partial charge in [-0.2, -0.15) is 0 Å². The minimum atomic E-state index is -1.19. The van der Waals surface area contributed by atoms with E-state index in [1.165, 1.54) is 0 Å². The maximum atomic E-state index is 13.0. The molecule has 1 saturated heterocycles. The summed E-state index contributed by atoms with van der Waals surface area (Å²) in [4.78, 5) is 26.5. The van der Waals surface area contributed by atoms with Gasteiger partial charge in [0.05, 0.1) is 6.54 Å². The maximum Gasteiger partial charge on any atom is 0.326 e. The van der Waals surface area contributed by atoms with Crippen molar-refractivity contribution in [3.63, 3.8) is 0 Å². The predicted molar refractivity (Wildman–Crippen MR) is 103 cm³/mol. The van der Waals surface area contributed by atoms with Crippen LogP contribution in [0.1, 0.15) is 18.1 Å². The van der Waals surface area contributed by atoms with Crippen LogP contribution in [0.5, 0.6) is 11.5 Å². The van der Waals surface area contributed by atoms with E-state index in [0.29, 0.717) is 35.3 Å². The molecule has 0 unspecified atom stereocenters. The van der Waals surface area contributed by atoms with E-state index in [2.05, 4.69) is 17.2 Å². The van der Waals surface area contributed by atoms with Gasteiger partial charge in [-0.1, -0.05) is 29.5 Å². The van der Waals surface area contributed by atoms with Crippen molar-refractivity contribution in [2.24, 2.45) is 0 Å². The zero-order valence-corrected chi connectivity index (χ0v) is 15.9. The summed E-state index contributed by atoms with van der Waals surface area (Å²) in [5, 5.41) is 3.39. The van der Waals surface area contributed by atoms with Crippen molar-refractivity contribution in [3.8, 4) is 23.3 Å². The van der Waals surface area contributed by atoms with Crippen LogP contribution in [0.2, 0.25) is 5.02 Å². The molecule has 1 atom stereocenters. The first-order chi connectivity index (χ1) is 13.5. The molecule has 0 bridgehead atoms. The predicted octanol–water partition coefficient (Wildman–Crippen LogP) is 2.93. The molecule has 1 N–H and O–H groups in total. The van der Waals surface area contributed by atoms with Crippen LogP contribution in [0, 0.1) is 11.8 Å². The van der Waals surface area contributed by atoms with Gasteiger partial charge in [-0.15, -0.1) is 0 Å². The molecule has 142 valence electrons. The summed E-state index contributed by atoms with van der Waals surface area (Å²) in [7, 11) is 0. The van der Waals surface area contributed by atoms with E-state index in [1.807, 2.05) is 0 Å². The molecule has 2 heterocycles. The first-order valence-corrected chi connectivity index (χ1v) is 9.14. The van der Waals surface area contributed by atoms with Gasteiger partial charge in [0.25, 0.3) is 5.91 Å². The average Bonchev–Trinajstić information content (AvgIpc) is 2.93. The van der Waals surface area contributed by atoms with Gasteiger partial charge in [-0.05, 0) is 48.9 Å². The van der Waals surface area contributed by atoms with E-state index in [9.17, 15) is 9.59 Å². The number of carbonyl (C=O) groups excluding carboxylic acids is 2. The van der Waals surface area contributed by atoms with E-state index >= 15 is 0 Å². The zero-order valence-electron chi connectivity index (χ0n) is 15.1. The molecule has 7 heteroatoms. The van der Waals surface area contributed by atoms with Crippen molar-refractivity contribution in [2.45, 2.75) is 12.5 Å². The van der Waals surface area contributed by atoms with E-state index < -0.39 is 11.6 Å². The molecule has 0 radical (unpaired) electrons. The van der Waals surface area contributed by atoms with Crippen LogP contribution in [0.25, 0.3) is 0 Å². The number of ether oxygens (including phenoxy) is 2. The van der Waals surface area contributed by atoms with Gasteiger partial charge in [-0.3, -0.25) is 9.69 Å². The number of urea groups is 1. The molecule has 2 aromatic carbocycles. The third-order valence-electron chi connectivity index (χ3n) is 4.71. The fraction of sp³-hybridized carbons (Fsp3) is 0.238. The molecule has 2 aromatic rings. The van der Waals surface area contributed by atoms with Gasteiger partial charge in [0.1, 0.15) is 18.8 Å². The third-order valence-corrected chi connectivity index (χ3v) is 4.96. The molecular weight excluding hydrogens is 380 g/mol. The van der Waals surface area contributed by atoms with Gasteiger partial charge >= 0.3 is 6.03 Å². The lowest BCUT2D eigenvalue weighted by atomic mass is 9.91. The van der Waals surface area contributed by atoms with Crippen LogP contribution in [0.3, 0.4) is 0 Å². The van der Waals surface area contributed by atoms with Crippen LogP contribution < -0.4 is 14.8 Å². The molecule has 3 amide bonds. The number of benzene rings is 2. The number of rotatable bonds is 2. The van der Waals surface area contributed by atoms with Crippen molar-refractivity contribution in [1.82, 2.24) is 10.2 Å². The standard InChI is InChI=1S/C21H17ClN2O4/c1-21(15-6-9-17-18(13-15)28-12-11-27-17)19(25)24(20(26)23-21)10-2-3-14-4-7-16(22)8-5-14/h4-9,13H,10-12H2,1H3,(H,23,26)/t21-/m0/s1. The Hall–Kier alpha value is -3.17. The van der Waals surface area contributed by atoms with Crippen molar-refractivity contribution in [3.05, 3.63) is 58.6 Å². The summed E-state index contributed by atoms with van der Waals surface area (Å²) in [6.07, 6.45) is 0. The number of amides is 3.